The van der Waals surface area contributed by atoms with Crippen LogP contribution in [0.1, 0.15) is 65.0 Å². The number of nitrogen functional groups attached to an aromatic ring is 1. The number of nitrogens with zero attached hydrogens (tertiary/aromatic N) is 3. The van der Waals surface area contributed by atoms with Gasteiger partial charge in [0.15, 0.2) is 11.5 Å². The van der Waals surface area contributed by atoms with Crippen molar-refractivity contribution in [3.05, 3.63) is 105 Å². The van der Waals surface area contributed by atoms with E-state index in [-0.39, 0.29) is 42.0 Å². The van der Waals surface area contributed by atoms with Gasteiger partial charge < -0.3 is 25.5 Å². The van der Waals surface area contributed by atoms with Crippen molar-refractivity contribution in [1.29, 1.82) is 0 Å². The van der Waals surface area contributed by atoms with Crippen LogP contribution in [0.15, 0.2) is 87.8 Å². The zero-order chi connectivity index (χ0) is 33.3. The predicted octanol–water partition coefficient (Wildman–Crippen LogP) is 5.92. The van der Waals surface area contributed by atoms with Crippen LogP contribution in [-0.4, -0.2) is 45.7 Å². The number of aromatic amines is 1. The first-order valence-corrected chi connectivity index (χ1v) is 15.6. The summed E-state index contributed by atoms with van der Waals surface area (Å²) in [6.45, 7) is 12.2. The van der Waals surface area contributed by atoms with Crippen LogP contribution in [0.5, 0.6) is 6.01 Å². The quantitative estimate of drug-likeness (QED) is 0.122. The molecule has 46 heavy (non-hydrogen) atoms. The molecule has 1 amide bonds. The van der Waals surface area contributed by atoms with Crippen molar-refractivity contribution >= 4 is 22.9 Å². The number of hydrogen-bond acceptors (Lipinski definition) is 7. The molecular formula is C36H46N6O4. The maximum Gasteiger partial charge on any atom is 0.328 e. The largest absolute Gasteiger partial charge is 0.461 e. The Morgan fingerprint density at radius 1 is 1.11 bits per heavy atom. The molecule has 4 N–H and O–H groups in total. The number of H-pyrrole nitrogens is 1. The zero-order valence-electron chi connectivity index (χ0n) is 27.8. The summed E-state index contributed by atoms with van der Waals surface area (Å²) in [5.74, 6) is -0.0371. The molecule has 0 fully saturated rings. The molecule has 1 aliphatic carbocycles. The van der Waals surface area contributed by atoms with E-state index >= 15 is 0 Å². The third kappa shape index (κ3) is 9.17. The number of aromatic nitrogens is 4. The average Bonchev–Trinajstić information content (AvgIpc) is 3.31. The first kappa shape index (κ1) is 34.2. The van der Waals surface area contributed by atoms with Crippen LogP contribution in [0, 0.1) is 5.41 Å². The van der Waals surface area contributed by atoms with E-state index < -0.39 is 0 Å². The van der Waals surface area contributed by atoms with E-state index in [1.165, 1.54) is 35.0 Å². The number of benzene rings is 1. The van der Waals surface area contributed by atoms with Gasteiger partial charge in [-0.2, -0.15) is 9.97 Å². The highest BCUT2D eigenvalue weighted by Crippen LogP contribution is 2.40. The van der Waals surface area contributed by atoms with E-state index in [2.05, 4.69) is 66.2 Å². The summed E-state index contributed by atoms with van der Waals surface area (Å²) in [7, 11) is 1.57. The first-order valence-electron chi connectivity index (χ1n) is 15.6. The molecule has 0 atom stereocenters. The molecule has 244 valence electrons. The van der Waals surface area contributed by atoms with E-state index in [1.807, 2.05) is 43.3 Å². The normalized spacial score (nSPS) is 15.8. The predicted molar refractivity (Wildman–Crippen MR) is 183 cm³/mol. The third-order valence-electron chi connectivity index (χ3n) is 8.11. The Labute approximate surface area is 270 Å². The number of imidazole rings is 1. The molecule has 0 radical (unpaired) electrons. The number of carbonyl (C=O) groups is 1. The lowest BCUT2D eigenvalue weighted by Gasteiger charge is -2.32. The van der Waals surface area contributed by atoms with E-state index in [0.29, 0.717) is 24.3 Å². The summed E-state index contributed by atoms with van der Waals surface area (Å²) in [4.78, 5) is 36.4. The molecule has 2 aromatic heterocycles. The number of fused-ring (bicyclic) bond motifs is 1. The van der Waals surface area contributed by atoms with Crippen LogP contribution < -0.4 is 21.5 Å². The fourth-order valence-electron chi connectivity index (χ4n) is 5.53. The molecule has 2 heterocycles. The SMILES string of the molecule is COCCOc1nc(N)c2[nH]c(=O)n(Cc3ccc(CNC(=O)/C=C(C)/C=C/C=C(C)/C=C/C4=C(C)CCCC4(C)C)cc3)c2n1. The molecule has 0 unspecified atom stereocenters. The van der Waals surface area contributed by atoms with Crippen molar-refractivity contribution in [2.75, 3.05) is 26.1 Å². The summed E-state index contributed by atoms with van der Waals surface area (Å²) in [6.07, 6.45) is 15.6. The number of ether oxygens (including phenoxy) is 2. The number of rotatable bonds is 13. The second-order valence-electron chi connectivity index (χ2n) is 12.4. The van der Waals surface area contributed by atoms with Gasteiger partial charge in [-0.15, -0.1) is 0 Å². The van der Waals surface area contributed by atoms with Crippen molar-refractivity contribution in [3.63, 3.8) is 0 Å². The molecule has 1 aliphatic rings. The first-order chi connectivity index (χ1) is 22.0. The van der Waals surface area contributed by atoms with E-state index in [0.717, 1.165) is 22.3 Å². The number of nitrogens with two attached hydrogens (primary N) is 1. The highest BCUT2D eigenvalue weighted by molar-refractivity contribution is 5.88. The Morgan fingerprint density at radius 3 is 2.57 bits per heavy atom. The molecule has 0 saturated carbocycles. The van der Waals surface area contributed by atoms with E-state index in [1.54, 1.807) is 13.2 Å². The highest BCUT2D eigenvalue weighted by atomic mass is 16.5. The Kier molecular flexibility index (Phi) is 11.5. The van der Waals surface area contributed by atoms with Gasteiger partial charge in [-0.1, -0.05) is 79.6 Å². The highest BCUT2D eigenvalue weighted by Gasteiger charge is 2.26. The molecular weight excluding hydrogens is 580 g/mol. The summed E-state index contributed by atoms with van der Waals surface area (Å²) in [5.41, 5.74) is 13.4. The van der Waals surface area contributed by atoms with Gasteiger partial charge in [0.1, 0.15) is 12.1 Å². The standard InChI is InChI=1S/C36H46N6O4/c1-24(12-17-29-26(3)11-8-18-36(29,4)5)9-7-10-25(2)21-30(43)38-22-27-13-15-28(16-14-27)23-42-33-31(39-35(42)44)32(37)40-34(41-33)46-20-19-45-6/h7,9-10,12-17,21H,8,11,18-20,22-23H2,1-6H3,(H,38,43)(H,39,44)(H2,37,40,41)/b10-7+,17-12+,24-9+,25-21+. The van der Waals surface area contributed by atoms with Gasteiger partial charge in [0, 0.05) is 19.7 Å². The lowest BCUT2D eigenvalue weighted by atomic mass is 9.72. The summed E-state index contributed by atoms with van der Waals surface area (Å²) >= 11 is 0. The van der Waals surface area contributed by atoms with Crippen LogP contribution >= 0.6 is 0 Å². The average molecular weight is 627 g/mol. The Hall–Kier alpha value is -4.70. The number of carbonyl (C=O) groups excluding carboxylic acids is 1. The number of nitrogens with one attached hydrogen (secondary N) is 2. The molecule has 0 spiro atoms. The van der Waals surface area contributed by atoms with Gasteiger partial charge >= 0.3 is 11.7 Å². The maximum atomic E-state index is 12.7. The minimum atomic E-state index is -0.351. The molecule has 0 aliphatic heterocycles. The van der Waals surface area contributed by atoms with Crippen LogP contribution in [0.4, 0.5) is 5.82 Å². The van der Waals surface area contributed by atoms with Crippen LogP contribution in [0.25, 0.3) is 11.2 Å². The molecule has 0 bridgehead atoms. The van der Waals surface area contributed by atoms with Gasteiger partial charge in [0.2, 0.25) is 5.91 Å². The molecule has 0 saturated heterocycles. The molecule has 3 aromatic rings. The lowest BCUT2D eigenvalue weighted by Crippen LogP contribution is -2.20. The molecule has 10 nitrogen and oxygen atoms in total. The number of allylic oxidation sites excluding steroid dienone is 9. The summed E-state index contributed by atoms with van der Waals surface area (Å²) in [5, 5.41) is 2.93. The van der Waals surface area contributed by atoms with Crippen molar-refractivity contribution in [2.45, 2.75) is 67.0 Å². The monoisotopic (exact) mass is 626 g/mol. The van der Waals surface area contributed by atoms with Gasteiger partial charge in [-0.25, -0.2) is 4.79 Å². The fourth-order valence-corrected chi connectivity index (χ4v) is 5.53. The Bertz CT molecular complexity index is 1750. The van der Waals surface area contributed by atoms with Crippen molar-refractivity contribution in [3.8, 4) is 6.01 Å². The van der Waals surface area contributed by atoms with Crippen LogP contribution in [0.3, 0.4) is 0 Å². The van der Waals surface area contributed by atoms with Crippen LogP contribution in [-0.2, 0) is 22.6 Å². The number of hydrogen-bond donors (Lipinski definition) is 3. The Balaban J connectivity index is 1.31. The van der Waals surface area contributed by atoms with E-state index in [4.69, 9.17) is 15.2 Å². The minimum absolute atomic E-state index is 0.0755. The van der Waals surface area contributed by atoms with Crippen molar-refractivity contribution in [1.82, 2.24) is 24.8 Å². The molecule has 10 heteroatoms. The molecule has 4 rings (SSSR count). The summed E-state index contributed by atoms with van der Waals surface area (Å²) < 4.78 is 12.0. The van der Waals surface area contributed by atoms with Crippen molar-refractivity contribution in [2.24, 2.45) is 5.41 Å². The third-order valence-corrected chi connectivity index (χ3v) is 8.11. The van der Waals surface area contributed by atoms with Gasteiger partial charge in [0.25, 0.3) is 0 Å². The van der Waals surface area contributed by atoms with Crippen molar-refractivity contribution < 1.29 is 14.3 Å². The number of methoxy groups -OCH3 is 1. The number of anilines is 1. The van der Waals surface area contributed by atoms with Gasteiger partial charge in [-0.05, 0) is 67.7 Å². The van der Waals surface area contributed by atoms with E-state index in [9.17, 15) is 9.59 Å². The lowest BCUT2D eigenvalue weighted by molar-refractivity contribution is -0.116. The smallest absolute Gasteiger partial charge is 0.328 e. The second kappa shape index (κ2) is 15.5. The summed E-state index contributed by atoms with van der Waals surface area (Å²) in [6, 6.07) is 7.73. The second-order valence-corrected chi connectivity index (χ2v) is 12.4. The van der Waals surface area contributed by atoms with Crippen LogP contribution in [0.2, 0.25) is 0 Å². The minimum Gasteiger partial charge on any atom is -0.461 e. The Morgan fingerprint density at radius 2 is 1.85 bits per heavy atom. The fraction of sp³-hybridized carbons (Fsp3) is 0.389. The van der Waals surface area contributed by atoms with Gasteiger partial charge in [0.05, 0.1) is 13.2 Å². The zero-order valence-corrected chi connectivity index (χ0v) is 27.8. The topological polar surface area (TPSA) is 137 Å². The molecule has 1 aromatic carbocycles. The van der Waals surface area contributed by atoms with Gasteiger partial charge in [-0.3, -0.25) is 9.36 Å². The number of amides is 1. The maximum absolute atomic E-state index is 12.7.